The van der Waals surface area contributed by atoms with Crippen LogP contribution in [-0.2, 0) is 16.1 Å². The topological polar surface area (TPSA) is 112 Å². The molecule has 0 bridgehead atoms. The Morgan fingerprint density at radius 1 is 1.17 bits per heavy atom. The molecule has 4 amide bonds. The lowest BCUT2D eigenvalue weighted by molar-refractivity contribution is -0.145. The van der Waals surface area contributed by atoms with Crippen LogP contribution in [0.3, 0.4) is 0 Å². The molecule has 3 heterocycles. The van der Waals surface area contributed by atoms with Gasteiger partial charge in [-0.15, -0.1) is 0 Å². The predicted molar refractivity (Wildman–Crippen MR) is 135 cm³/mol. The molecule has 36 heavy (non-hydrogen) atoms. The number of piperazine rings is 1. The quantitative estimate of drug-likeness (QED) is 0.584. The van der Waals surface area contributed by atoms with Crippen molar-refractivity contribution in [3.8, 4) is 0 Å². The molecular weight excluding hydrogens is 486 g/mol. The maximum atomic E-state index is 13.6. The summed E-state index contributed by atoms with van der Waals surface area (Å²) in [4.78, 5) is 45.1. The number of amides is 4. The number of fused-ring (bicyclic) bond motifs is 1. The van der Waals surface area contributed by atoms with Crippen molar-refractivity contribution in [2.45, 2.75) is 45.9 Å². The number of hydrogen-bond acceptors (Lipinski definition) is 6. The van der Waals surface area contributed by atoms with E-state index in [9.17, 15) is 14.4 Å². The smallest absolute Gasteiger partial charge is 0.344 e. The number of rotatable bonds is 7. The van der Waals surface area contributed by atoms with E-state index in [-0.39, 0.29) is 11.9 Å². The second-order valence-corrected chi connectivity index (χ2v) is 9.76. The lowest BCUT2D eigenvalue weighted by Gasteiger charge is -2.42. The van der Waals surface area contributed by atoms with Gasteiger partial charge in [-0.2, -0.15) is 0 Å². The Kier molecular flexibility index (Phi) is 7.53. The largest absolute Gasteiger partial charge is 0.373 e. The SMILES string of the molecule is CCOC(C)(C)C(NC(=O)Nc1ccc(Cl)cc1)C(=O)N1CCN(N2Cc3cnc(C)n3C2=O)CC1. The van der Waals surface area contributed by atoms with Gasteiger partial charge in [0, 0.05) is 43.5 Å². The normalized spacial score (nSPS) is 17.2. The number of nitrogens with zero attached hydrogens (tertiary/aromatic N) is 5. The van der Waals surface area contributed by atoms with Gasteiger partial charge in [-0.25, -0.2) is 24.1 Å². The van der Waals surface area contributed by atoms with Gasteiger partial charge in [0.15, 0.2) is 0 Å². The molecule has 194 valence electrons. The number of urea groups is 1. The summed E-state index contributed by atoms with van der Waals surface area (Å²) in [5, 5.41) is 9.76. The Hall–Kier alpha value is -3.15. The molecule has 1 aromatic heterocycles. The molecule has 1 atom stereocenters. The summed E-state index contributed by atoms with van der Waals surface area (Å²) in [5.74, 6) is 0.425. The number of carbonyl (C=O) groups is 3. The fourth-order valence-corrected chi connectivity index (χ4v) is 4.71. The standard InChI is InChI=1S/C24H32ClN7O4/c1-5-36-24(3,4)20(28-22(34)27-18-8-6-17(25)7-9-18)21(33)29-10-12-30(13-11-29)31-15-19-14-26-16(2)32(19)23(31)35/h6-9,14,20H,5,10-13,15H2,1-4H3,(H2,27,28,34). The highest BCUT2D eigenvalue weighted by Crippen LogP contribution is 2.23. The summed E-state index contributed by atoms with van der Waals surface area (Å²) in [5.41, 5.74) is 0.460. The van der Waals surface area contributed by atoms with E-state index in [1.807, 2.05) is 11.9 Å². The first-order valence-electron chi connectivity index (χ1n) is 12.0. The molecule has 2 aliphatic heterocycles. The molecule has 4 rings (SSSR count). The van der Waals surface area contributed by atoms with Crippen molar-refractivity contribution < 1.29 is 19.1 Å². The number of halogens is 1. The fraction of sp³-hybridized carbons (Fsp3) is 0.500. The Balaban J connectivity index is 1.40. The third-order valence-electron chi connectivity index (χ3n) is 6.48. The number of anilines is 1. The van der Waals surface area contributed by atoms with Crippen LogP contribution in [0.15, 0.2) is 30.5 Å². The van der Waals surface area contributed by atoms with Crippen molar-refractivity contribution in [3.05, 3.63) is 47.0 Å². The number of ether oxygens (including phenoxy) is 1. The van der Waals surface area contributed by atoms with Gasteiger partial charge in [0.1, 0.15) is 11.9 Å². The third-order valence-corrected chi connectivity index (χ3v) is 6.73. The number of hydrazine groups is 1. The van der Waals surface area contributed by atoms with Crippen LogP contribution in [0.2, 0.25) is 5.02 Å². The summed E-state index contributed by atoms with van der Waals surface area (Å²) in [6.45, 7) is 9.87. The number of nitrogens with one attached hydrogen (secondary N) is 2. The Morgan fingerprint density at radius 2 is 1.83 bits per heavy atom. The van der Waals surface area contributed by atoms with Crippen LogP contribution in [0, 0.1) is 6.92 Å². The molecule has 1 unspecified atom stereocenters. The highest BCUT2D eigenvalue weighted by atomic mass is 35.5. The van der Waals surface area contributed by atoms with E-state index in [0.29, 0.717) is 55.9 Å². The Morgan fingerprint density at radius 3 is 2.44 bits per heavy atom. The molecule has 2 N–H and O–H groups in total. The van der Waals surface area contributed by atoms with E-state index in [1.165, 1.54) is 0 Å². The number of imidazole rings is 1. The Labute approximate surface area is 215 Å². The van der Waals surface area contributed by atoms with Crippen molar-refractivity contribution in [3.63, 3.8) is 0 Å². The van der Waals surface area contributed by atoms with E-state index in [4.69, 9.17) is 16.3 Å². The molecule has 2 aromatic rings. The molecule has 0 spiro atoms. The molecule has 2 aliphatic rings. The van der Waals surface area contributed by atoms with Crippen LogP contribution >= 0.6 is 11.6 Å². The average molecular weight is 518 g/mol. The third kappa shape index (κ3) is 5.32. The van der Waals surface area contributed by atoms with E-state index in [2.05, 4.69) is 15.6 Å². The fourth-order valence-electron chi connectivity index (χ4n) is 4.58. The molecule has 0 aliphatic carbocycles. The number of benzene rings is 1. The number of carbonyl (C=O) groups excluding carboxylic acids is 3. The Bertz CT molecular complexity index is 1130. The molecule has 11 nitrogen and oxygen atoms in total. The first-order chi connectivity index (χ1) is 17.1. The van der Waals surface area contributed by atoms with Gasteiger partial charge in [-0.1, -0.05) is 11.6 Å². The van der Waals surface area contributed by atoms with Crippen molar-refractivity contribution in [1.82, 2.24) is 29.8 Å². The van der Waals surface area contributed by atoms with Gasteiger partial charge in [-0.3, -0.25) is 9.80 Å². The minimum atomic E-state index is -0.945. The second kappa shape index (κ2) is 10.5. The van der Waals surface area contributed by atoms with Crippen LogP contribution in [0.5, 0.6) is 0 Å². The van der Waals surface area contributed by atoms with Crippen LogP contribution in [0.25, 0.3) is 0 Å². The molecule has 1 fully saturated rings. The first-order valence-corrected chi connectivity index (χ1v) is 12.3. The van der Waals surface area contributed by atoms with Gasteiger partial charge in [0.2, 0.25) is 5.91 Å². The second-order valence-electron chi connectivity index (χ2n) is 9.33. The average Bonchev–Trinajstić information content (AvgIpc) is 3.38. The zero-order valence-electron chi connectivity index (χ0n) is 21.0. The maximum absolute atomic E-state index is 13.6. The summed E-state index contributed by atoms with van der Waals surface area (Å²) < 4.78 is 7.46. The van der Waals surface area contributed by atoms with Crippen LogP contribution in [0.1, 0.15) is 32.3 Å². The number of aromatic nitrogens is 2. The van der Waals surface area contributed by atoms with Crippen LogP contribution in [0.4, 0.5) is 15.3 Å². The molecule has 1 saturated heterocycles. The monoisotopic (exact) mass is 517 g/mol. The van der Waals surface area contributed by atoms with Gasteiger partial charge >= 0.3 is 12.1 Å². The van der Waals surface area contributed by atoms with E-state index in [1.54, 1.807) is 65.7 Å². The lowest BCUT2D eigenvalue weighted by Crippen LogP contribution is -2.63. The zero-order valence-corrected chi connectivity index (χ0v) is 21.7. The molecule has 0 radical (unpaired) electrons. The summed E-state index contributed by atoms with van der Waals surface area (Å²) in [6.07, 6.45) is 1.72. The van der Waals surface area contributed by atoms with Crippen LogP contribution < -0.4 is 10.6 Å². The van der Waals surface area contributed by atoms with Crippen LogP contribution in [-0.4, -0.2) is 86.9 Å². The zero-order chi connectivity index (χ0) is 26.0. The summed E-state index contributed by atoms with van der Waals surface area (Å²) >= 11 is 5.92. The molecule has 12 heteroatoms. The minimum absolute atomic E-state index is 0.129. The van der Waals surface area contributed by atoms with Gasteiger partial charge < -0.3 is 20.3 Å². The summed E-state index contributed by atoms with van der Waals surface area (Å²) in [7, 11) is 0. The molecule has 0 saturated carbocycles. The van der Waals surface area contributed by atoms with E-state index >= 15 is 0 Å². The van der Waals surface area contributed by atoms with Gasteiger partial charge in [0.25, 0.3) is 0 Å². The van der Waals surface area contributed by atoms with Crippen molar-refractivity contribution in [1.29, 1.82) is 0 Å². The van der Waals surface area contributed by atoms with Crippen molar-refractivity contribution >= 4 is 35.3 Å². The van der Waals surface area contributed by atoms with Crippen molar-refractivity contribution in [2.24, 2.45) is 0 Å². The minimum Gasteiger partial charge on any atom is -0.373 e. The maximum Gasteiger partial charge on any atom is 0.344 e. The number of hydrogen-bond donors (Lipinski definition) is 2. The van der Waals surface area contributed by atoms with E-state index < -0.39 is 17.7 Å². The van der Waals surface area contributed by atoms with E-state index in [0.717, 1.165) is 5.69 Å². The highest BCUT2D eigenvalue weighted by Gasteiger charge is 2.41. The predicted octanol–water partition coefficient (Wildman–Crippen LogP) is 2.69. The number of aryl methyl sites for hydroxylation is 1. The molecular formula is C24H32ClN7O4. The van der Waals surface area contributed by atoms with Gasteiger partial charge in [-0.05, 0) is 52.0 Å². The van der Waals surface area contributed by atoms with Gasteiger partial charge in [0.05, 0.1) is 24.0 Å². The first kappa shape index (κ1) is 25.9. The highest BCUT2D eigenvalue weighted by molar-refractivity contribution is 6.30. The van der Waals surface area contributed by atoms with Crippen molar-refractivity contribution in [2.75, 3.05) is 38.1 Å². The molecule has 1 aromatic carbocycles. The summed E-state index contributed by atoms with van der Waals surface area (Å²) in [6, 6.07) is 5.14. The lowest BCUT2D eigenvalue weighted by atomic mass is 9.96.